The van der Waals surface area contributed by atoms with Gasteiger partial charge in [0.15, 0.2) is 5.82 Å². The molecule has 2 aromatic carbocycles. The molecular weight excluding hydrogens is 457 g/mol. The van der Waals surface area contributed by atoms with E-state index in [4.69, 9.17) is 32.8 Å². The Morgan fingerprint density at radius 1 is 1.10 bits per heavy atom. The average Bonchev–Trinajstić information content (AvgIpc) is 3.29. The molecule has 0 aromatic heterocycles. The Kier molecular flexibility index (Phi) is 4.64. The molecule has 0 radical (unpaired) electrons. The van der Waals surface area contributed by atoms with Crippen molar-refractivity contribution in [3.8, 4) is 0 Å². The Morgan fingerprint density at radius 2 is 1.77 bits per heavy atom. The first kappa shape index (κ1) is 21.0. The summed E-state index contributed by atoms with van der Waals surface area (Å²) < 4.78 is 62.3. The van der Waals surface area contributed by atoms with Crippen molar-refractivity contribution >= 4 is 28.9 Å². The molecule has 5 rings (SSSR count). The fraction of sp³-hybridized carbons (Fsp3) is 0.409. The molecule has 1 spiro atoms. The molecule has 0 bridgehead atoms. The third-order valence-electron chi connectivity index (χ3n) is 6.43. The Morgan fingerprint density at radius 3 is 2.39 bits per heavy atom. The Bertz CT molecular complexity index is 1090. The molecule has 2 heterocycles. The summed E-state index contributed by atoms with van der Waals surface area (Å²) in [6.07, 6.45) is -3.55. The predicted molar refractivity (Wildman–Crippen MR) is 108 cm³/mol. The normalized spacial score (nSPS) is 29.5. The Hall–Kier alpha value is -1.83. The molecule has 3 aliphatic rings. The number of ether oxygens (including phenoxy) is 1. The van der Waals surface area contributed by atoms with Gasteiger partial charge in [0.25, 0.3) is 5.60 Å². The van der Waals surface area contributed by atoms with Gasteiger partial charge in [-0.15, -0.1) is 0 Å². The second-order valence-corrected chi connectivity index (χ2v) is 9.37. The van der Waals surface area contributed by atoms with E-state index in [9.17, 15) is 17.6 Å². The van der Waals surface area contributed by atoms with Gasteiger partial charge >= 0.3 is 6.18 Å². The van der Waals surface area contributed by atoms with Gasteiger partial charge < -0.3 is 9.57 Å². The summed E-state index contributed by atoms with van der Waals surface area (Å²) in [6.45, 7) is 2.58. The van der Waals surface area contributed by atoms with E-state index in [1.54, 1.807) is 6.07 Å². The van der Waals surface area contributed by atoms with E-state index >= 15 is 0 Å². The van der Waals surface area contributed by atoms with Crippen LogP contribution in [-0.2, 0) is 27.4 Å². The van der Waals surface area contributed by atoms with E-state index in [1.807, 2.05) is 12.1 Å². The molecule has 0 saturated heterocycles. The molecule has 1 aliphatic carbocycles. The smallest absolute Gasteiger partial charge is 0.374 e. The fourth-order valence-electron chi connectivity index (χ4n) is 4.88. The summed E-state index contributed by atoms with van der Waals surface area (Å²) >= 11 is 11.5. The number of rotatable bonds is 2. The number of fused-ring (bicyclic) bond motifs is 2. The molecule has 0 amide bonds. The lowest BCUT2D eigenvalue weighted by atomic mass is 9.68. The molecule has 31 heavy (non-hydrogen) atoms. The summed E-state index contributed by atoms with van der Waals surface area (Å²) in [4.78, 5) is 5.01. The van der Waals surface area contributed by atoms with Gasteiger partial charge in [0, 0.05) is 12.0 Å². The monoisotopic (exact) mass is 473 g/mol. The number of hydrogen-bond donors (Lipinski definition) is 0. The van der Waals surface area contributed by atoms with E-state index in [1.165, 1.54) is 0 Å². The molecule has 1 atom stereocenters. The van der Waals surface area contributed by atoms with Crippen molar-refractivity contribution in [2.45, 2.75) is 50.2 Å². The quantitative estimate of drug-likeness (QED) is 0.351. The highest BCUT2D eigenvalue weighted by molar-refractivity contribution is 6.35. The number of halogens is 6. The molecule has 0 N–H and O–H groups in total. The van der Waals surface area contributed by atoms with E-state index in [0.29, 0.717) is 18.1 Å². The standard InChI is InChI=1S/C22H17Cl2F4NO2/c1-11-7-20(8-11)15-3-2-12(4-13(15)10-30-20)18-9-21(31-29-18,22(26,27)28)14-5-16(23)19(25)17(24)6-14/h2-6,11H,7-10H2,1H3. The highest BCUT2D eigenvalue weighted by Gasteiger charge is 2.62. The molecule has 1 saturated carbocycles. The fourth-order valence-corrected chi connectivity index (χ4v) is 5.37. The first-order valence-corrected chi connectivity index (χ1v) is 10.5. The maximum absolute atomic E-state index is 14.2. The van der Waals surface area contributed by atoms with Crippen LogP contribution >= 0.6 is 23.2 Å². The van der Waals surface area contributed by atoms with Crippen molar-refractivity contribution in [3.63, 3.8) is 0 Å². The largest absolute Gasteiger partial charge is 0.435 e. The lowest BCUT2D eigenvalue weighted by Gasteiger charge is -2.43. The highest BCUT2D eigenvalue weighted by Crippen LogP contribution is 2.54. The minimum atomic E-state index is -4.84. The van der Waals surface area contributed by atoms with Gasteiger partial charge in [-0.25, -0.2) is 4.39 Å². The van der Waals surface area contributed by atoms with E-state index < -0.39 is 39.6 Å². The third-order valence-corrected chi connectivity index (χ3v) is 6.98. The molecule has 1 unspecified atom stereocenters. The maximum Gasteiger partial charge on any atom is 0.435 e. The molecular formula is C22H17Cl2F4NO2. The molecule has 2 aromatic rings. The molecule has 164 valence electrons. The van der Waals surface area contributed by atoms with E-state index in [2.05, 4.69) is 12.1 Å². The number of hydrogen-bond acceptors (Lipinski definition) is 3. The van der Waals surface area contributed by atoms with E-state index in [-0.39, 0.29) is 11.3 Å². The lowest BCUT2D eigenvalue weighted by molar-refractivity contribution is -0.275. The van der Waals surface area contributed by atoms with Crippen LogP contribution in [-0.4, -0.2) is 11.9 Å². The summed E-state index contributed by atoms with van der Waals surface area (Å²) in [5.41, 5.74) is -0.765. The Labute approximate surface area is 185 Å². The first-order chi connectivity index (χ1) is 14.5. The molecule has 2 aliphatic heterocycles. The number of oxime groups is 1. The van der Waals surface area contributed by atoms with Gasteiger partial charge in [-0.2, -0.15) is 13.2 Å². The number of benzene rings is 2. The van der Waals surface area contributed by atoms with Crippen LogP contribution in [0.3, 0.4) is 0 Å². The summed E-state index contributed by atoms with van der Waals surface area (Å²) in [5.74, 6) is -0.401. The van der Waals surface area contributed by atoms with Gasteiger partial charge in [-0.3, -0.25) is 0 Å². The number of nitrogens with zero attached hydrogens (tertiary/aromatic N) is 1. The minimum absolute atomic E-state index is 0.139. The van der Waals surface area contributed by atoms with Crippen LogP contribution in [0, 0.1) is 11.7 Å². The van der Waals surface area contributed by atoms with Crippen molar-refractivity contribution < 1.29 is 27.1 Å². The number of alkyl halides is 3. The van der Waals surface area contributed by atoms with Crippen molar-refractivity contribution in [1.82, 2.24) is 0 Å². The van der Waals surface area contributed by atoms with Crippen LogP contribution in [0.1, 0.15) is 48.4 Å². The van der Waals surface area contributed by atoms with Gasteiger partial charge in [-0.05, 0) is 53.6 Å². The van der Waals surface area contributed by atoms with Crippen molar-refractivity contribution in [2.24, 2.45) is 11.1 Å². The van der Waals surface area contributed by atoms with Crippen LogP contribution < -0.4 is 0 Å². The maximum atomic E-state index is 14.2. The zero-order chi connectivity index (χ0) is 22.2. The zero-order valence-corrected chi connectivity index (χ0v) is 17.8. The third kappa shape index (κ3) is 3.08. The van der Waals surface area contributed by atoms with Gasteiger partial charge in [0.2, 0.25) is 0 Å². The predicted octanol–water partition coefficient (Wildman–Crippen LogP) is 6.87. The van der Waals surface area contributed by atoms with Crippen molar-refractivity contribution in [1.29, 1.82) is 0 Å². The van der Waals surface area contributed by atoms with E-state index in [0.717, 1.165) is 36.1 Å². The highest BCUT2D eigenvalue weighted by atomic mass is 35.5. The van der Waals surface area contributed by atoms with Crippen LogP contribution in [0.5, 0.6) is 0 Å². The SMILES string of the molecule is CC1CC2(C1)OCc1cc(C3=NOC(c4cc(Cl)c(F)c(Cl)c4)(C(F)(F)F)C3)ccc12. The average molecular weight is 474 g/mol. The van der Waals surface area contributed by atoms with Gasteiger partial charge in [0.05, 0.1) is 28.0 Å². The Balaban J connectivity index is 1.49. The van der Waals surface area contributed by atoms with Crippen LogP contribution in [0.25, 0.3) is 0 Å². The first-order valence-electron chi connectivity index (χ1n) is 9.79. The summed E-state index contributed by atoms with van der Waals surface area (Å²) in [5, 5.41) is 2.74. The lowest BCUT2D eigenvalue weighted by Crippen LogP contribution is -2.42. The topological polar surface area (TPSA) is 30.8 Å². The second-order valence-electron chi connectivity index (χ2n) is 8.55. The molecule has 1 fully saturated rings. The van der Waals surface area contributed by atoms with Crippen molar-refractivity contribution in [2.75, 3.05) is 0 Å². The zero-order valence-electron chi connectivity index (χ0n) is 16.3. The van der Waals surface area contributed by atoms with Crippen LogP contribution in [0.2, 0.25) is 10.0 Å². The summed E-state index contributed by atoms with van der Waals surface area (Å²) in [7, 11) is 0. The van der Waals surface area contributed by atoms with Crippen LogP contribution in [0.4, 0.5) is 17.6 Å². The van der Waals surface area contributed by atoms with Crippen molar-refractivity contribution in [3.05, 3.63) is 68.4 Å². The van der Waals surface area contributed by atoms with Gasteiger partial charge in [0.1, 0.15) is 0 Å². The van der Waals surface area contributed by atoms with Crippen LogP contribution in [0.15, 0.2) is 35.5 Å². The molecule has 3 nitrogen and oxygen atoms in total. The minimum Gasteiger partial charge on any atom is -0.374 e. The second kappa shape index (κ2) is 6.83. The molecule has 9 heteroatoms. The van der Waals surface area contributed by atoms with Gasteiger partial charge in [-0.1, -0.05) is 47.4 Å². The summed E-state index contributed by atoms with van der Waals surface area (Å²) in [6, 6.07) is 7.23.